The number of aromatic nitrogens is 3. The fourth-order valence-corrected chi connectivity index (χ4v) is 5.05. The van der Waals surface area contributed by atoms with Crippen LogP contribution in [0, 0.1) is 13.8 Å². The van der Waals surface area contributed by atoms with Crippen LogP contribution in [0.4, 0.5) is 0 Å². The largest absolute Gasteiger partial charge is 0.485 e. The lowest BCUT2D eigenvalue weighted by molar-refractivity contribution is -0.146. The monoisotopic (exact) mass is 491 g/mol. The van der Waals surface area contributed by atoms with Gasteiger partial charge in [-0.1, -0.05) is 12.1 Å². The molecule has 9 nitrogen and oxygen atoms in total. The van der Waals surface area contributed by atoms with Gasteiger partial charge in [-0.25, -0.2) is 9.67 Å². The molecule has 0 aliphatic carbocycles. The summed E-state index contributed by atoms with van der Waals surface area (Å²) in [5.74, 6) is 1.26. The Morgan fingerprint density at radius 1 is 1.06 bits per heavy atom. The van der Waals surface area contributed by atoms with Crippen molar-refractivity contribution in [1.82, 2.24) is 24.6 Å². The summed E-state index contributed by atoms with van der Waals surface area (Å²) in [6.45, 7) is 10.5. The minimum Gasteiger partial charge on any atom is -0.485 e. The average molecular weight is 492 g/mol. The molecular formula is C27H33N5O4. The van der Waals surface area contributed by atoms with Crippen LogP contribution in [0.3, 0.4) is 0 Å². The summed E-state index contributed by atoms with van der Waals surface area (Å²) in [7, 11) is 0. The average Bonchev–Trinajstić information content (AvgIpc) is 3.32. The van der Waals surface area contributed by atoms with E-state index in [1.807, 2.05) is 40.9 Å². The number of rotatable bonds is 5. The highest BCUT2D eigenvalue weighted by molar-refractivity contribution is 5.83. The lowest BCUT2D eigenvalue weighted by Crippen LogP contribution is -2.55. The molecule has 1 aromatic carbocycles. The van der Waals surface area contributed by atoms with Crippen molar-refractivity contribution in [2.75, 3.05) is 32.8 Å². The molecule has 2 aliphatic rings. The number of pyridine rings is 1. The van der Waals surface area contributed by atoms with E-state index >= 15 is 0 Å². The topological polar surface area (TPSA) is 89.8 Å². The summed E-state index contributed by atoms with van der Waals surface area (Å²) in [6.07, 6.45) is 2.27. The van der Waals surface area contributed by atoms with Crippen LogP contribution in [-0.2, 0) is 16.0 Å². The van der Waals surface area contributed by atoms with Crippen molar-refractivity contribution in [1.29, 1.82) is 0 Å². The Hall–Kier alpha value is -3.62. The first-order chi connectivity index (χ1) is 17.3. The molecule has 5 rings (SSSR count). The molecule has 2 aromatic heterocycles. The standard InChI is InChI=1S/C27H33N5O4/c1-17(2)32-26-21(15-28-32)18(3)20(19(4)29-26)9-10-25(33)30-11-13-31(14-12-30)27(34)24-16-35-22-7-5-6-8-23(22)36-24/h5-8,15,17,24H,9-14,16H2,1-4H3. The summed E-state index contributed by atoms with van der Waals surface area (Å²) in [5, 5.41) is 5.54. The zero-order chi connectivity index (χ0) is 25.4. The Balaban J connectivity index is 1.16. The summed E-state index contributed by atoms with van der Waals surface area (Å²) in [6, 6.07) is 7.60. The smallest absolute Gasteiger partial charge is 0.267 e. The van der Waals surface area contributed by atoms with Crippen LogP contribution in [0.5, 0.6) is 11.5 Å². The summed E-state index contributed by atoms with van der Waals surface area (Å²) in [5.41, 5.74) is 4.10. The van der Waals surface area contributed by atoms with Gasteiger partial charge in [-0.05, 0) is 57.4 Å². The molecule has 4 heterocycles. The molecule has 1 unspecified atom stereocenters. The molecule has 0 spiro atoms. The highest BCUT2D eigenvalue weighted by Crippen LogP contribution is 2.31. The molecule has 1 saturated heterocycles. The number of fused-ring (bicyclic) bond motifs is 2. The number of carbonyl (C=O) groups is 2. The molecule has 1 fully saturated rings. The van der Waals surface area contributed by atoms with Crippen molar-refractivity contribution < 1.29 is 19.1 Å². The SMILES string of the molecule is Cc1nc2c(cnn2C(C)C)c(C)c1CCC(=O)N1CCN(C(=O)C2COc3ccccc3O2)CC1. The third kappa shape index (κ3) is 4.50. The van der Waals surface area contributed by atoms with Gasteiger partial charge in [-0.3, -0.25) is 9.59 Å². The van der Waals surface area contributed by atoms with E-state index in [1.54, 1.807) is 11.0 Å². The van der Waals surface area contributed by atoms with E-state index in [-0.39, 0.29) is 24.5 Å². The maximum absolute atomic E-state index is 13.0. The molecule has 0 saturated carbocycles. The number of benzene rings is 1. The Morgan fingerprint density at radius 2 is 1.75 bits per heavy atom. The maximum atomic E-state index is 13.0. The first kappa shape index (κ1) is 24.1. The van der Waals surface area contributed by atoms with Gasteiger partial charge >= 0.3 is 0 Å². The molecule has 0 radical (unpaired) electrons. The van der Waals surface area contributed by atoms with Gasteiger partial charge in [0.05, 0.1) is 6.20 Å². The Morgan fingerprint density at radius 3 is 2.47 bits per heavy atom. The zero-order valence-electron chi connectivity index (χ0n) is 21.4. The quantitative estimate of drug-likeness (QED) is 0.545. The van der Waals surface area contributed by atoms with E-state index in [9.17, 15) is 9.59 Å². The lowest BCUT2D eigenvalue weighted by atomic mass is 10.00. The minimum atomic E-state index is -0.657. The number of para-hydroxylation sites is 2. The predicted molar refractivity (Wildman–Crippen MR) is 135 cm³/mol. The molecule has 190 valence electrons. The highest BCUT2D eigenvalue weighted by atomic mass is 16.6. The summed E-state index contributed by atoms with van der Waals surface area (Å²) < 4.78 is 13.5. The van der Waals surface area contributed by atoms with E-state index in [1.165, 1.54) is 0 Å². The van der Waals surface area contributed by atoms with E-state index in [2.05, 4.69) is 25.9 Å². The number of amides is 2. The van der Waals surface area contributed by atoms with Crippen LogP contribution in [0.2, 0.25) is 0 Å². The molecular weight excluding hydrogens is 458 g/mol. The highest BCUT2D eigenvalue weighted by Gasteiger charge is 2.33. The molecule has 9 heteroatoms. The zero-order valence-corrected chi connectivity index (χ0v) is 21.4. The van der Waals surface area contributed by atoms with Crippen LogP contribution in [0.25, 0.3) is 11.0 Å². The van der Waals surface area contributed by atoms with Crippen LogP contribution < -0.4 is 9.47 Å². The number of hydrogen-bond acceptors (Lipinski definition) is 6. The van der Waals surface area contributed by atoms with Gasteiger partial charge in [0, 0.05) is 49.7 Å². The number of aryl methyl sites for hydroxylation is 2. The van der Waals surface area contributed by atoms with E-state index in [4.69, 9.17) is 14.5 Å². The van der Waals surface area contributed by atoms with Gasteiger partial charge in [-0.2, -0.15) is 5.10 Å². The molecule has 2 amide bonds. The van der Waals surface area contributed by atoms with Crippen LogP contribution in [-0.4, -0.2) is 75.3 Å². The van der Waals surface area contributed by atoms with Crippen molar-refractivity contribution >= 4 is 22.8 Å². The van der Waals surface area contributed by atoms with Crippen molar-refractivity contribution in [2.24, 2.45) is 0 Å². The van der Waals surface area contributed by atoms with E-state index < -0.39 is 6.10 Å². The molecule has 0 N–H and O–H groups in total. The normalized spacial score (nSPS) is 17.6. The van der Waals surface area contributed by atoms with Crippen LogP contribution in [0.15, 0.2) is 30.5 Å². The third-order valence-corrected chi connectivity index (χ3v) is 7.14. The second-order valence-corrected chi connectivity index (χ2v) is 9.79. The number of nitrogens with zero attached hydrogens (tertiary/aromatic N) is 5. The molecule has 0 bridgehead atoms. The maximum Gasteiger partial charge on any atom is 0.267 e. The van der Waals surface area contributed by atoms with Crippen molar-refractivity contribution in [2.45, 2.75) is 52.7 Å². The van der Waals surface area contributed by atoms with Crippen molar-refractivity contribution in [3.63, 3.8) is 0 Å². The van der Waals surface area contributed by atoms with Crippen molar-refractivity contribution in [3.8, 4) is 11.5 Å². The molecule has 36 heavy (non-hydrogen) atoms. The number of carbonyl (C=O) groups excluding carboxylic acids is 2. The first-order valence-corrected chi connectivity index (χ1v) is 12.6. The van der Waals surface area contributed by atoms with E-state index in [0.29, 0.717) is 50.5 Å². The minimum absolute atomic E-state index is 0.0934. The van der Waals surface area contributed by atoms with Crippen LogP contribution in [0.1, 0.15) is 43.1 Å². The van der Waals surface area contributed by atoms with Crippen LogP contribution >= 0.6 is 0 Å². The van der Waals surface area contributed by atoms with Gasteiger partial charge < -0.3 is 19.3 Å². The fraction of sp³-hybridized carbons (Fsp3) is 0.481. The van der Waals surface area contributed by atoms with Gasteiger partial charge in [0.15, 0.2) is 17.1 Å². The molecule has 2 aliphatic heterocycles. The Labute approximate surface area is 211 Å². The lowest BCUT2D eigenvalue weighted by Gasteiger charge is -2.37. The number of ether oxygens (including phenoxy) is 2. The van der Waals surface area contributed by atoms with Gasteiger partial charge in [-0.15, -0.1) is 0 Å². The van der Waals surface area contributed by atoms with Crippen molar-refractivity contribution in [3.05, 3.63) is 47.3 Å². The van der Waals surface area contributed by atoms with E-state index in [0.717, 1.165) is 27.9 Å². The summed E-state index contributed by atoms with van der Waals surface area (Å²) in [4.78, 5) is 34.4. The number of piperazine rings is 1. The molecule has 1 atom stereocenters. The third-order valence-electron chi connectivity index (χ3n) is 7.14. The molecule has 3 aromatic rings. The second kappa shape index (κ2) is 9.79. The van der Waals surface area contributed by atoms with Gasteiger partial charge in [0.25, 0.3) is 5.91 Å². The van der Waals surface area contributed by atoms with Gasteiger partial charge in [0.1, 0.15) is 6.61 Å². The fourth-order valence-electron chi connectivity index (χ4n) is 5.05. The predicted octanol–water partition coefficient (Wildman–Crippen LogP) is 3.07. The number of hydrogen-bond donors (Lipinski definition) is 0. The first-order valence-electron chi connectivity index (χ1n) is 12.6. The second-order valence-electron chi connectivity index (χ2n) is 9.79. The summed E-state index contributed by atoms with van der Waals surface area (Å²) >= 11 is 0. The Bertz CT molecular complexity index is 1290. The Kier molecular flexibility index (Phi) is 6.55. The van der Waals surface area contributed by atoms with Gasteiger partial charge in [0.2, 0.25) is 12.0 Å².